The maximum atomic E-state index is 11.9. The minimum absolute atomic E-state index is 0.145. The van der Waals surface area contributed by atoms with Gasteiger partial charge >= 0.3 is 5.97 Å². The fraction of sp³-hybridized carbons (Fsp3) is 0.964. The number of hydrogen-bond acceptors (Lipinski definition) is 1. The van der Waals surface area contributed by atoms with Crippen molar-refractivity contribution in [2.75, 3.05) is 0 Å². The van der Waals surface area contributed by atoms with Gasteiger partial charge in [-0.2, -0.15) is 0 Å². The normalized spacial score (nSPS) is 14.5. The zero-order chi connectivity index (χ0) is 22.5. The van der Waals surface area contributed by atoms with Crippen molar-refractivity contribution in [2.45, 2.75) is 156 Å². The number of unbranched alkanes of at least 4 members (excludes halogenated alkanes) is 14. The van der Waals surface area contributed by atoms with Gasteiger partial charge in [-0.05, 0) is 18.3 Å². The molecule has 180 valence electrons. The van der Waals surface area contributed by atoms with Crippen LogP contribution in [0.5, 0.6) is 0 Å². The van der Waals surface area contributed by atoms with Crippen LogP contribution in [0.4, 0.5) is 0 Å². The number of carbonyl (C=O) groups is 1. The summed E-state index contributed by atoms with van der Waals surface area (Å²) in [6.45, 7) is 8.95. The Bertz CT molecular complexity index is 366. The van der Waals surface area contributed by atoms with E-state index in [9.17, 15) is 9.90 Å². The Morgan fingerprint density at radius 1 is 0.567 bits per heavy atom. The lowest BCUT2D eigenvalue weighted by molar-refractivity contribution is -0.144. The van der Waals surface area contributed by atoms with Gasteiger partial charge in [0.15, 0.2) is 0 Å². The van der Waals surface area contributed by atoms with Crippen molar-refractivity contribution in [3.8, 4) is 0 Å². The summed E-state index contributed by atoms with van der Waals surface area (Å²) in [6, 6.07) is 0. The standard InChI is InChI=1S/C28H56O2/c1-5-8-11-13-15-16-17-19-21-23-26(22-20-18-14-12-9-6-2)25(4)27(28(29)30)24-10-7-3/h25-27H,5-24H2,1-4H3,(H,29,30). The molecule has 0 fully saturated rings. The van der Waals surface area contributed by atoms with Crippen LogP contribution in [-0.2, 0) is 4.79 Å². The van der Waals surface area contributed by atoms with Gasteiger partial charge in [-0.25, -0.2) is 0 Å². The Hall–Kier alpha value is -0.530. The van der Waals surface area contributed by atoms with Crippen molar-refractivity contribution >= 4 is 5.97 Å². The number of rotatable bonds is 23. The molecule has 0 radical (unpaired) electrons. The Kier molecular flexibility index (Phi) is 21.3. The van der Waals surface area contributed by atoms with Crippen LogP contribution >= 0.6 is 0 Å². The average molecular weight is 425 g/mol. The lowest BCUT2D eigenvalue weighted by Crippen LogP contribution is -2.28. The molecule has 0 aromatic heterocycles. The molecule has 3 atom stereocenters. The van der Waals surface area contributed by atoms with Gasteiger partial charge in [0.2, 0.25) is 0 Å². The van der Waals surface area contributed by atoms with Crippen LogP contribution < -0.4 is 0 Å². The summed E-state index contributed by atoms with van der Waals surface area (Å²) in [5.41, 5.74) is 0. The van der Waals surface area contributed by atoms with E-state index in [0.717, 1.165) is 19.3 Å². The van der Waals surface area contributed by atoms with Crippen molar-refractivity contribution in [3.05, 3.63) is 0 Å². The summed E-state index contributed by atoms with van der Waals surface area (Å²) < 4.78 is 0. The highest BCUT2D eigenvalue weighted by Gasteiger charge is 2.29. The number of carboxylic acid groups (broad SMARTS) is 1. The average Bonchev–Trinajstić information content (AvgIpc) is 2.73. The molecule has 0 aromatic rings. The van der Waals surface area contributed by atoms with Crippen LogP contribution in [0.25, 0.3) is 0 Å². The Balaban J connectivity index is 4.39. The van der Waals surface area contributed by atoms with Gasteiger partial charge < -0.3 is 5.11 Å². The topological polar surface area (TPSA) is 37.3 Å². The van der Waals surface area contributed by atoms with Crippen LogP contribution in [-0.4, -0.2) is 11.1 Å². The Labute approximate surface area is 190 Å². The SMILES string of the molecule is CCCCCCCCCCCC(CCCCCCCC)C(C)C(CCCC)C(=O)O. The van der Waals surface area contributed by atoms with E-state index in [1.54, 1.807) is 0 Å². The van der Waals surface area contributed by atoms with Crippen molar-refractivity contribution in [1.82, 2.24) is 0 Å². The summed E-state index contributed by atoms with van der Waals surface area (Å²) in [7, 11) is 0. The van der Waals surface area contributed by atoms with E-state index in [4.69, 9.17) is 0 Å². The molecule has 0 aliphatic rings. The van der Waals surface area contributed by atoms with E-state index in [0.29, 0.717) is 11.8 Å². The van der Waals surface area contributed by atoms with Crippen LogP contribution in [0.2, 0.25) is 0 Å². The van der Waals surface area contributed by atoms with E-state index in [2.05, 4.69) is 27.7 Å². The Morgan fingerprint density at radius 2 is 0.933 bits per heavy atom. The monoisotopic (exact) mass is 424 g/mol. The predicted molar refractivity (Wildman–Crippen MR) is 133 cm³/mol. The van der Waals surface area contributed by atoms with E-state index in [1.165, 1.54) is 109 Å². The van der Waals surface area contributed by atoms with Crippen LogP contribution in [0, 0.1) is 17.8 Å². The summed E-state index contributed by atoms with van der Waals surface area (Å²) in [5, 5.41) is 9.82. The molecule has 2 nitrogen and oxygen atoms in total. The minimum Gasteiger partial charge on any atom is -0.481 e. The molecule has 3 unspecified atom stereocenters. The first-order chi connectivity index (χ1) is 14.6. The molecule has 0 amide bonds. The molecule has 0 heterocycles. The van der Waals surface area contributed by atoms with Gasteiger partial charge in [-0.1, -0.05) is 150 Å². The van der Waals surface area contributed by atoms with Crippen molar-refractivity contribution in [1.29, 1.82) is 0 Å². The third kappa shape index (κ3) is 16.2. The van der Waals surface area contributed by atoms with Gasteiger partial charge in [0.25, 0.3) is 0 Å². The molecule has 0 saturated heterocycles. The largest absolute Gasteiger partial charge is 0.481 e. The molecule has 0 aliphatic carbocycles. The molecule has 1 N–H and O–H groups in total. The highest BCUT2D eigenvalue weighted by atomic mass is 16.4. The second-order valence-corrected chi connectivity index (χ2v) is 9.88. The second-order valence-electron chi connectivity index (χ2n) is 9.88. The fourth-order valence-electron chi connectivity index (χ4n) is 4.94. The summed E-state index contributed by atoms with van der Waals surface area (Å²) >= 11 is 0. The van der Waals surface area contributed by atoms with E-state index < -0.39 is 5.97 Å². The molecular formula is C28H56O2. The van der Waals surface area contributed by atoms with Gasteiger partial charge in [0.1, 0.15) is 0 Å². The summed E-state index contributed by atoms with van der Waals surface area (Å²) in [5.74, 6) is 0.210. The molecule has 2 heteroatoms. The summed E-state index contributed by atoms with van der Waals surface area (Å²) in [6.07, 6.45) is 25.8. The number of aliphatic carboxylic acids is 1. The smallest absolute Gasteiger partial charge is 0.306 e. The second kappa shape index (κ2) is 21.7. The zero-order valence-electron chi connectivity index (χ0n) is 21.2. The minimum atomic E-state index is -0.559. The first kappa shape index (κ1) is 29.5. The molecular weight excluding hydrogens is 368 g/mol. The first-order valence-corrected chi connectivity index (χ1v) is 13.8. The molecule has 0 bridgehead atoms. The number of carboxylic acids is 1. The van der Waals surface area contributed by atoms with E-state index >= 15 is 0 Å². The van der Waals surface area contributed by atoms with Crippen LogP contribution in [0.3, 0.4) is 0 Å². The molecule has 0 aromatic carbocycles. The van der Waals surface area contributed by atoms with E-state index in [1.807, 2.05) is 0 Å². The van der Waals surface area contributed by atoms with E-state index in [-0.39, 0.29) is 5.92 Å². The predicted octanol–water partition coefficient (Wildman–Crippen LogP) is 9.80. The quantitative estimate of drug-likeness (QED) is 0.166. The van der Waals surface area contributed by atoms with Crippen molar-refractivity contribution in [2.24, 2.45) is 17.8 Å². The third-order valence-corrected chi connectivity index (χ3v) is 7.17. The Morgan fingerprint density at radius 3 is 1.30 bits per heavy atom. The molecule has 0 aliphatic heterocycles. The van der Waals surface area contributed by atoms with Crippen LogP contribution in [0.1, 0.15) is 156 Å². The maximum Gasteiger partial charge on any atom is 0.306 e. The third-order valence-electron chi connectivity index (χ3n) is 7.17. The van der Waals surface area contributed by atoms with Gasteiger partial charge in [0.05, 0.1) is 5.92 Å². The molecule has 0 saturated carbocycles. The van der Waals surface area contributed by atoms with Gasteiger partial charge in [-0.3, -0.25) is 4.79 Å². The first-order valence-electron chi connectivity index (χ1n) is 13.8. The lowest BCUT2D eigenvalue weighted by Gasteiger charge is -2.29. The van der Waals surface area contributed by atoms with Crippen molar-refractivity contribution < 1.29 is 9.90 Å². The zero-order valence-corrected chi connectivity index (χ0v) is 21.2. The maximum absolute atomic E-state index is 11.9. The lowest BCUT2D eigenvalue weighted by atomic mass is 9.75. The van der Waals surface area contributed by atoms with Crippen LogP contribution in [0.15, 0.2) is 0 Å². The highest BCUT2D eigenvalue weighted by Crippen LogP contribution is 2.33. The van der Waals surface area contributed by atoms with Gasteiger partial charge in [0, 0.05) is 0 Å². The molecule has 0 rings (SSSR count). The molecule has 30 heavy (non-hydrogen) atoms. The summed E-state index contributed by atoms with van der Waals surface area (Å²) in [4.78, 5) is 11.9. The highest BCUT2D eigenvalue weighted by molar-refractivity contribution is 5.70. The fourth-order valence-corrected chi connectivity index (χ4v) is 4.94. The molecule has 0 spiro atoms. The van der Waals surface area contributed by atoms with Gasteiger partial charge in [-0.15, -0.1) is 0 Å². The number of hydrogen-bond donors (Lipinski definition) is 1. The van der Waals surface area contributed by atoms with Crippen molar-refractivity contribution in [3.63, 3.8) is 0 Å².